The van der Waals surface area contributed by atoms with Crippen molar-refractivity contribution in [2.75, 3.05) is 39.0 Å². The summed E-state index contributed by atoms with van der Waals surface area (Å²) in [6, 6.07) is 15.2. The maximum atomic E-state index is 12.6. The van der Waals surface area contributed by atoms with Gasteiger partial charge >= 0.3 is 6.03 Å². The van der Waals surface area contributed by atoms with Crippen LogP contribution in [0.5, 0.6) is 0 Å². The van der Waals surface area contributed by atoms with Crippen molar-refractivity contribution in [1.82, 2.24) is 14.8 Å². The molecular weight excluding hydrogens is 352 g/mol. The zero-order valence-corrected chi connectivity index (χ0v) is 16.6. The number of fused-ring (bicyclic) bond motifs is 1. The summed E-state index contributed by atoms with van der Waals surface area (Å²) in [6.07, 6.45) is 1.11. The molecule has 2 heterocycles. The first-order chi connectivity index (χ1) is 13.4. The van der Waals surface area contributed by atoms with Crippen LogP contribution in [0.15, 0.2) is 52.9 Å². The molecule has 6 nitrogen and oxygen atoms in total. The minimum absolute atomic E-state index is 0.109. The Bertz CT molecular complexity index is 985. The molecule has 2 amide bonds. The highest BCUT2D eigenvalue weighted by Gasteiger charge is 2.34. The van der Waals surface area contributed by atoms with Crippen molar-refractivity contribution in [2.45, 2.75) is 13.3 Å². The van der Waals surface area contributed by atoms with Crippen LogP contribution in [0.3, 0.4) is 0 Å². The molecule has 1 N–H and O–H groups in total. The summed E-state index contributed by atoms with van der Waals surface area (Å²) in [4.78, 5) is 21.3. The lowest BCUT2D eigenvalue weighted by Crippen LogP contribution is -2.40. The second kappa shape index (κ2) is 7.28. The maximum absolute atomic E-state index is 12.6. The molecule has 1 fully saturated rings. The van der Waals surface area contributed by atoms with E-state index < -0.39 is 0 Å². The summed E-state index contributed by atoms with van der Waals surface area (Å²) >= 11 is 0. The van der Waals surface area contributed by atoms with Gasteiger partial charge in [-0.05, 0) is 55.8 Å². The molecule has 4 rings (SSSR count). The molecule has 0 unspecified atom stereocenters. The molecule has 1 aromatic heterocycles. The Morgan fingerprint density at radius 2 is 2.07 bits per heavy atom. The van der Waals surface area contributed by atoms with E-state index in [2.05, 4.69) is 29.2 Å². The van der Waals surface area contributed by atoms with E-state index in [0.717, 1.165) is 37.1 Å². The van der Waals surface area contributed by atoms with Gasteiger partial charge in [-0.2, -0.15) is 0 Å². The Hall–Kier alpha value is -2.86. The Morgan fingerprint density at radius 1 is 1.29 bits per heavy atom. The third kappa shape index (κ3) is 3.87. The number of benzene rings is 2. The predicted octanol–water partition coefficient (Wildman–Crippen LogP) is 4.30. The standard InChI is InChI=1S/C22H26N4O2/c1-22(11-12-25(2)14-22)15-26(3)21(27)23-17-9-10-19-18(13-17)24-20(28-19)16-7-5-4-6-8-16/h4-10,13H,11-12,14-15H2,1-3H3,(H,23,27)/t22-/m0/s1. The highest BCUT2D eigenvalue weighted by molar-refractivity contribution is 5.91. The average Bonchev–Trinajstić information content (AvgIpc) is 3.25. The second-order valence-electron chi connectivity index (χ2n) is 8.15. The molecule has 1 aliphatic heterocycles. The Labute approximate surface area is 165 Å². The molecular formula is C22H26N4O2. The molecule has 1 aliphatic rings. The van der Waals surface area contributed by atoms with Gasteiger partial charge in [-0.25, -0.2) is 9.78 Å². The van der Waals surface area contributed by atoms with E-state index in [-0.39, 0.29) is 11.4 Å². The molecule has 1 saturated heterocycles. The molecule has 2 aromatic carbocycles. The minimum Gasteiger partial charge on any atom is -0.436 e. The van der Waals surface area contributed by atoms with Crippen molar-refractivity contribution < 1.29 is 9.21 Å². The number of hydrogen-bond donors (Lipinski definition) is 1. The quantitative estimate of drug-likeness (QED) is 0.735. The molecule has 3 aromatic rings. The van der Waals surface area contributed by atoms with Crippen molar-refractivity contribution in [3.63, 3.8) is 0 Å². The predicted molar refractivity (Wildman–Crippen MR) is 111 cm³/mol. The van der Waals surface area contributed by atoms with Crippen molar-refractivity contribution in [1.29, 1.82) is 0 Å². The summed E-state index contributed by atoms with van der Waals surface area (Å²) in [5.41, 5.74) is 3.21. The monoisotopic (exact) mass is 378 g/mol. The van der Waals surface area contributed by atoms with E-state index in [1.807, 2.05) is 55.6 Å². The van der Waals surface area contributed by atoms with Crippen molar-refractivity contribution in [3.05, 3.63) is 48.5 Å². The first-order valence-corrected chi connectivity index (χ1v) is 9.59. The van der Waals surface area contributed by atoms with Crippen LogP contribution in [0, 0.1) is 5.41 Å². The number of aromatic nitrogens is 1. The molecule has 1 atom stereocenters. The topological polar surface area (TPSA) is 61.6 Å². The normalized spacial score (nSPS) is 19.8. The molecule has 0 saturated carbocycles. The largest absolute Gasteiger partial charge is 0.436 e. The van der Waals surface area contributed by atoms with Gasteiger partial charge in [0.1, 0.15) is 5.52 Å². The van der Waals surface area contributed by atoms with Gasteiger partial charge in [-0.15, -0.1) is 0 Å². The van der Waals surface area contributed by atoms with E-state index in [9.17, 15) is 4.79 Å². The SMILES string of the molecule is CN1CC[C@](C)(CN(C)C(=O)Nc2ccc3oc(-c4ccccc4)nc3c2)C1. The van der Waals surface area contributed by atoms with Gasteiger partial charge in [-0.3, -0.25) is 0 Å². The number of carbonyl (C=O) groups is 1. The number of rotatable bonds is 4. The summed E-state index contributed by atoms with van der Waals surface area (Å²) in [5.74, 6) is 0.578. The van der Waals surface area contributed by atoms with E-state index in [4.69, 9.17) is 4.42 Å². The molecule has 0 spiro atoms. The second-order valence-corrected chi connectivity index (χ2v) is 8.15. The smallest absolute Gasteiger partial charge is 0.321 e. The fourth-order valence-electron chi connectivity index (χ4n) is 3.97. The number of likely N-dealkylation sites (tertiary alicyclic amines) is 1. The fourth-order valence-corrected chi connectivity index (χ4v) is 3.97. The van der Waals surface area contributed by atoms with Gasteiger partial charge in [0.25, 0.3) is 0 Å². The van der Waals surface area contributed by atoms with Crippen LogP contribution in [0.25, 0.3) is 22.6 Å². The number of nitrogens with zero attached hydrogens (tertiary/aromatic N) is 3. The molecule has 28 heavy (non-hydrogen) atoms. The van der Waals surface area contributed by atoms with Gasteiger partial charge in [0.05, 0.1) is 0 Å². The maximum Gasteiger partial charge on any atom is 0.321 e. The van der Waals surface area contributed by atoms with Crippen molar-refractivity contribution >= 4 is 22.8 Å². The lowest BCUT2D eigenvalue weighted by atomic mass is 9.89. The van der Waals surface area contributed by atoms with Crippen LogP contribution in [0.2, 0.25) is 0 Å². The Balaban J connectivity index is 1.46. The molecule has 0 bridgehead atoms. The van der Waals surface area contributed by atoms with Crippen LogP contribution in [-0.2, 0) is 0 Å². The lowest BCUT2D eigenvalue weighted by molar-refractivity contribution is 0.188. The Morgan fingerprint density at radius 3 is 2.79 bits per heavy atom. The van der Waals surface area contributed by atoms with Crippen molar-refractivity contribution in [3.8, 4) is 11.5 Å². The highest BCUT2D eigenvalue weighted by atomic mass is 16.3. The third-order valence-electron chi connectivity index (χ3n) is 5.37. The number of carbonyl (C=O) groups excluding carboxylic acids is 1. The summed E-state index contributed by atoms with van der Waals surface area (Å²) in [6.45, 7) is 5.07. The van der Waals surface area contributed by atoms with Gasteiger partial charge < -0.3 is 19.5 Å². The summed E-state index contributed by atoms with van der Waals surface area (Å²) < 4.78 is 5.83. The lowest BCUT2D eigenvalue weighted by Gasteiger charge is -2.30. The minimum atomic E-state index is -0.109. The third-order valence-corrected chi connectivity index (χ3v) is 5.37. The van der Waals surface area contributed by atoms with Crippen LogP contribution in [0.4, 0.5) is 10.5 Å². The molecule has 6 heteroatoms. The first kappa shape index (κ1) is 18.5. The van der Waals surface area contributed by atoms with Gasteiger partial charge in [0.2, 0.25) is 5.89 Å². The number of oxazole rings is 1. The van der Waals surface area contributed by atoms with Crippen molar-refractivity contribution in [2.24, 2.45) is 5.41 Å². The number of urea groups is 1. The van der Waals surface area contributed by atoms with Gasteiger partial charge in [-0.1, -0.05) is 25.1 Å². The van der Waals surface area contributed by atoms with Gasteiger partial charge in [0.15, 0.2) is 5.58 Å². The van der Waals surface area contributed by atoms with E-state index in [1.165, 1.54) is 0 Å². The number of amides is 2. The van der Waals surface area contributed by atoms with Crippen LogP contribution >= 0.6 is 0 Å². The molecule has 0 radical (unpaired) electrons. The van der Waals surface area contributed by atoms with Crippen LogP contribution in [-0.4, -0.2) is 54.5 Å². The average molecular weight is 378 g/mol. The molecule has 0 aliphatic carbocycles. The number of nitrogens with one attached hydrogen (secondary N) is 1. The van der Waals surface area contributed by atoms with Crippen LogP contribution < -0.4 is 5.32 Å². The van der Waals surface area contributed by atoms with E-state index in [0.29, 0.717) is 17.2 Å². The summed E-state index contributed by atoms with van der Waals surface area (Å²) in [7, 11) is 3.98. The first-order valence-electron chi connectivity index (χ1n) is 9.59. The van der Waals surface area contributed by atoms with Gasteiger partial charge in [0, 0.05) is 31.4 Å². The van der Waals surface area contributed by atoms with Crippen LogP contribution in [0.1, 0.15) is 13.3 Å². The number of anilines is 1. The molecule has 146 valence electrons. The fraction of sp³-hybridized carbons (Fsp3) is 0.364. The Kier molecular flexibility index (Phi) is 4.81. The summed E-state index contributed by atoms with van der Waals surface area (Å²) in [5, 5.41) is 2.98. The van der Waals surface area contributed by atoms with E-state index in [1.54, 1.807) is 4.90 Å². The zero-order chi connectivity index (χ0) is 19.7. The highest BCUT2D eigenvalue weighted by Crippen LogP contribution is 2.30. The van der Waals surface area contributed by atoms with E-state index >= 15 is 0 Å². The number of hydrogen-bond acceptors (Lipinski definition) is 4. The zero-order valence-electron chi connectivity index (χ0n) is 16.6.